The molecule has 172 valence electrons. The normalized spacial score (nSPS) is 10.7. The van der Waals surface area contributed by atoms with Gasteiger partial charge in [-0.15, -0.1) is 0 Å². The molecule has 0 bridgehead atoms. The van der Waals surface area contributed by atoms with Gasteiger partial charge in [0.15, 0.2) is 5.16 Å². The molecule has 4 nitrogen and oxygen atoms in total. The molecule has 0 saturated carbocycles. The van der Waals surface area contributed by atoms with Crippen molar-refractivity contribution < 1.29 is 4.79 Å². The number of hydrogen-bond donors (Lipinski definition) is 1. The number of rotatable bonds is 8. The summed E-state index contributed by atoms with van der Waals surface area (Å²) in [6.45, 7) is 0.512. The van der Waals surface area contributed by atoms with Crippen LogP contribution in [0.25, 0.3) is 28.2 Å². The molecule has 0 radical (unpaired) electrons. The summed E-state index contributed by atoms with van der Waals surface area (Å²) in [6.07, 6.45) is 0. The van der Waals surface area contributed by atoms with Crippen LogP contribution in [0.5, 0.6) is 0 Å². The van der Waals surface area contributed by atoms with Crippen LogP contribution in [0.4, 0.5) is 0 Å². The summed E-state index contributed by atoms with van der Waals surface area (Å²) in [5.74, 6) is 0.253. The van der Waals surface area contributed by atoms with Crippen LogP contribution in [0.3, 0.4) is 0 Å². The first-order chi connectivity index (χ1) is 17.3. The second-order valence-corrected chi connectivity index (χ2v) is 8.99. The van der Waals surface area contributed by atoms with Gasteiger partial charge in [0.25, 0.3) is 0 Å². The topological polar surface area (TPSA) is 46.9 Å². The van der Waals surface area contributed by atoms with E-state index in [9.17, 15) is 4.79 Å². The van der Waals surface area contributed by atoms with E-state index in [1.807, 2.05) is 84.9 Å². The monoisotopic (exact) mass is 475 g/mol. The highest BCUT2D eigenvalue weighted by molar-refractivity contribution is 7.99. The van der Waals surface area contributed by atoms with Gasteiger partial charge >= 0.3 is 0 Å². The predicted octanol–water partition coefficient (Wildman–Crippen LogP) is 6.61. The Morgan fingerprint density at radius 3 is 1.89 bits per heavy atom. The molecule has 0 saturated heterocycles. The maximum Gasteiger partial charge on any atom is 0.230 e. The van der Waals surface area contributed by atoms with Gasteiger partial charge in [-0.05, 0) is 17.7 Å². The van der Waals surface area contributed by atoms with Gasteiger partial charge in [0.05, 0.1) is 17.1 Å². The summed E-state index contributed by atoms with van der Waals surface area (Å²) in [6, 6.07) is 40.6. The average molecular weight is 476 g/mol. The van der Waals surface area contributed by atoms with E-state index >= 15 is 0 Å². The lowest BCUT2D eigenvalue weighted by Crippen LogP contribution is -2.24. The first kappa shape index (κ1) is 22.7. The predicted molar refractivity (Wildman–Crippen MR) is 143 cm³/mol. The van der Waals surface area contributed by atoms with Gasteiger partial charge in [0, 0.05) is 23.4 Å². The zero-order chi connectivity index (χ0) is 23.9. The highest BCUT2D eigenvalue weighted by Crippen LogP contribution is 2.38. The molecule has 0 fully saturated rings. The number of thioether (sulfide) groups is 1. The molecular formula is C30H25N3OS. The van der Waals surface area contributed by atoms with Crippen molar-refractivity contribution in [1.29, 1.82) is 0 Å². The lowest BCUT2D eigenvalue weighted by Gasteiger charge is -2.13. The smallest absolute Gasteiger partial charge is 0.230 e. The number of nitrogens with zero attached hydrogens (tertiary/aromatic N) is 2. The number of hydrogen-bond acceptors (Lipinski definition) is 3. The molecule has 0 aliphatic carbocycles. The lowest BCUT2D eigenvalue weighted by molar-refractivity contribution is -0.118. The molecule has 0 aliphatic rings. The van der Waals surface area contributed by atoms with Gasteiger partial charge in [-0.2, -0.15) is 0 Å². The third-order valence-corrected chi connectivity index (χ3v) is 6.56. The lowest BCUT2D eigenvalue weighted by atomic mass is 10.0. The van der Waals surface area contributed by atoms with E-state index in [4.69, 9.17) is 4.98 Å². The van der Waals surface area contributed by atoms with Crippen LogP contribution in [0, 0.1) is 0 Å². The van der Waals surface area contributed by atoms with Crippen LogP contribution in [-0.2, 0) is 11.3 Å². The van der Waals surface area contributed by atoms with Crippen LogP contribution in [-0.4, -0.2) is 21.2 Å². The van der Waals surface area contributed by atoms with E-state index in [0.717, 1.165) is 38.9 Å². The van der Waals surface area contributed by atoms with Crippen LogP contribution >= 0.6 is 11.8 Å². The summed E-state index contributed by atoms with van der Waals surface area (Å²) in [5.41, 5.74) is 6.10. The van der Waals surface area contributed by atoms with Crippen molar-refractivity contribution in [2.45, 2.75) is 11.7 Å². The molecule has 1 aromatic heterocycles. The molecule has 5 aromatic rings. The number of amides is 1. The molecular weight excluding hydrogens is 450 g/mol. The number of aromatic nitrogens is 2. The van der Waals surface area contributed by atoms with Gasteiger partial charge in [0.2, 0.25) is 5.91 Å². The second kappa shape index (κ2) is 10.9. The number of carbonyl (C=O) groups is 1. The van der Waals surface area contributed by atoms with E-state index in [0.29, 0.717) is 6.54 Å². The average Bonchev–Trinajstić information content (AvgIpc) is 3.32. The number of nitrogens with one attached hydrogen (secondary N) is 1. The molecule has 35 heavy (non-hydrogen) atoms. The van der Waals surface area contributed by atoms with E-state index in [2.05, 4.69) is 46.3 Å². The first-order valence-electron chi connectivity index (χ1n) is 11.5. The minimum atomic E-state index is -0.0241. The SMILES string of the molecule is O=C(CSc1nc(-c2ccccc2)c(-c2ccccc2)n1-c1ccccc1)NCc1ccccc1. The van der Waals surface area contributed by atoms with Crippen LogP contribution < -0.4 is 5.32 Å². The quantitative estimate of drug-likeness (QED) is 0.257. The Hall–Kier alpha value is -4.09. The van der Waals surface area contributed by atoms with Gasteiger partial charge in [-0.3, -0.25) is 9.36 Å². The van der Waals surface area contributed by atoms with Crippen LogP contribution in [0.2, 0.25) is 0 Å². The summed E-state index contributed by atoms with van der Waals surface area (Å²) >= 11 is 1.45. The molecule has 5 rings (SSSR count). The van der Waals surface area contributed by atoms with Crippen molar-refractivity contribution >= 4 is 17.7 Å². The summed E-state index contributed by atoms with van der Waals surface area (Å²) in [5, 5.41) is 3.80. The Labute approximate surface area is 209 Å². The Bertz CT molecular complexity index is 1390. The third-order valence-electron chi connectivity index (χ3n) is 5.62. The third kappa shape index (κ3) is 5.36. The molecule has 0 unspecified atom stereocenters. The Morgan fingerprint density at radius 2 is 1.26 bits per heavy atom. The summed E-state index contributed by atoms with van der Waals surface area (Å²) < 4.78 is 2.16. The van der Waals surface area contributed by atoms with Crippen LogP contribution in [0.1, 0.15) is 5.56 Å². The molecule has 0 aliphatic heterocycles. The number of carbonyl (C=O) groups excluding carboxylic acids is 1. The Balaban J connectivity index is 1.51. The molecule has 0 spiro atoms. The van der Waals surface area contributed by atoms with Crippen molar-refractivity contribution in [3.8, 4) is 28.2 Å². The molecule has 1 N–H and O–H groups in total. The highest BCUT2D eigenvalue weighted by Gasteiger charge is 2.22. The fourth-order valence-corrected chi connectivity index (χ4v) is 4.79. The summed E-state index contributed by atoms with van der Waals surface area (Å²) in [4.78, 5) is 17.8. The van der Waals surface area contributed by atoms with E-state index in [1.54, 1.807) is 0 Å². The maximum absolute atomic E-state index is 12.7. The molecule has 0 atom stereocenters. The van der Waals surface area contributed by atoms with Gasteiger partial charge in [0.1, 0.15) is 0 Å². The van der Waals surface area contributed by atoms with Crippen molar-refractivity contribution in [2.75, 3.05) is 5.75 Å². The van der Waals surface area contributed by atoms with Crippen molar-refractivity contribution in [3.05, 3.63) is 127 Å². The molecule has 1 amide bonds. The second-order valence-electron chi connectivity index (χ2n) is 8.05. The van der Waals surface area contributed by atoms with Crippen molar-refractivity contribution in [2.24, 2.45) is 0 Å². The number of imidazole rings is 1. The van der Waals surface area contributed by atoms with E-state index < -0.39 is 0 Å². The van der Waals surface area contributed by atoms with E-state index in [1.165, 1.54) is 11.8 Å². The van der Waals surface area contributed by atoms with Crippen LogP contribution in [0.15, 0.2) is 126 Å². The number of benzene rings is 4. The van der Waals surface area contributed by atoms with Crippen molar-refractivity contribution in [3.63, 3.8) is 0 Å². The summed E-state index contributed by atoms with van der Waals surface area (Å²) in [7, 11) is 0. The maximum atomic E-state index is 12.7. The van der Waals surface area contributed by atoms with Gasteiger partial charge in [-0.25, -0.2) is 4.98 Å². The fraction of sp³-hybridized carbons (Fsp3) is 0.0667. The van der Waals surface area contributed by atoms with Gasteiger partial charge in [-0.1, -0.05) is 121 Å². The highest BCUT2D eigenvalue weighted by atomic mass is 32.2. The van der Waals surface area contributed by atoms with Crippen molar-refractivity contribution in [1.82, 2.24) is 14.9 Å². The van der Waals surface area contributed by atoms with Gasteiger partial charge < -0.3 is 5.32 Å². The minimum absolute atomic E-state index is 0.0241. The Morgan fingerprint density at radius 1 is 0.714 bits per heavy atom. The Kier molecular flexibility index (Phi) is 7.06. The minimum Gasteiger partial charge on any atom is -0.351 e. The first-order valence-corrected chi connectivity index (χ1v) is 12.5. The molecule has 4 aromatic carbocycles. The van der Waals surface area contributed by atoms with E-state index in [-0.39, 0.29) is 11.7 Å². The standard InChI is InChI=1S/C30H25N3OS/c34-27(31-21-23-13-5-1-6-14-23)22-35-30-32-28(24-15-7-2-8-16-24)29(25-17-9-3-10-18-25)33(30)26-19-11-4-12-20-26/h1-20H,21-22H2,(H,31,34). The number of para-hydroxylation sites is 1. The molecule has 5 heteroatoms. The molecule has 1 heterocycles. The zero-order valence-corrected chi connectivity index (χ0v) is 20.0. The zero-order valence-electron chi connectivity index (χ0n) is 19.2. The fourth-order valence-electron chi connectivity index (χ4n) is 3.95. The largest absolute Gasteiger partial charge is 0.351 e.